The highest BCUT2D eigenvalue weighted by Crippen LogP contribution is 2.37. The number of piperidine rings is 1. The van der Waals surface area contributed by atoms with Gasteiger partial charge in [0.25, 0.3) is 5.56 Å². The van der Waals surface area contributed by atoms with Crippen molar-refractivity contribution >= 4 is 33.6 Å². The van der Waals surface area contributed by atoms with E-state index in [1.54, 1.807) is 25.8 Å². The number of likely N-dealkylation sites (N-methyl/N-ethyl adjacent to an activating group) is 1. The van der Waals surface area contributed by atoms with E-state index in [9.17, 15) is 9.59 Å². The summed E-state index contributed by atoms with van der Waals surface area (Å²) in [6, 6.07) is 9.31. The summed E-state index contributed by atoms with van der Waals surface area (Å²) in [5, 5.41) is 1.46. The number of aromatic nitrogens is 4. The van der Waals surface area contributed by atoms with Crippen LogP contribution in [0.15, 0.2) is 39.9 Å². The van der Waals surface area contributed by atoms with Gasteiger partial charge < -0.3 is 24.2 Å². The number of hydrogen-bond acceptors (Lipinski definition) is 9. The molecule has 2 fully saturated rings. The third-order valence-corrected chi connectivity index (χ3v) is 8.54. The molecule has 0 N–H and O–H groups in total. The summed E-state index contributed by atoms with van der Waals surface area (Å²) in [4.78, 5) is 43.7. The standard InChI is InChI=1S/C30H37N7O4/c1-19-6-7-24-22(16-19)28(38)37(30(39)34(24)3)20-8-10-35(11-9-20)27-21-17-25(40-4)26(41-5)18-23(21)31-29(32-27)36-14-12-33(2)13-15-36/h6-7,16-18,20H,8-15H2,1-5H3. The molecule has 2 aromatic heterocycles. The maximum absolute atomic E-state index is 13.5. The number of nitrogens with zero attached hydrogens (tertiary/aromatic N) is 7. The summed E-state index contributed by atoms with van der Waals surface area (Å²) in [6.07, 6.45) is 1.30. The molecular weight excluding hydrogens is 522 g/mol. The van der Waals surface area contributed by atoms with E-state index >= 15 is 0 Å². The van der Waals surface area contributed by atoms with Crippen LogP contribution in [0.2, 0.25) is 0 Å². The molecule has 6 rings (SSSR count). The number of aryl methyl sites for hydroxylation is 2. The number of piperazine rings is 1. The molecule has 216 valence electrons. The zero-order chi connectivity index (χ0) is 28.8. The molecule has 2 aliphatic rings. The van der Waals surface area contributed by atoms with Crippen LogP contribution in [-0.2, 0) is 7.05 Å². The average molecular weight is 560 g/mol. The van der Waals surface area contributed by atoms with Crippen LogP contribution in [0.1, 0.15) is 24.4 Å². The Morgan fingerprint density at radius 3 is 2.17 bits per heavy atom. The van der Waals surface area contributed by atoms with E-state index in [1.165, 1.54) is 4.57 Å². The molecule has 41 heavy (non-hydrogen) atoms. The molecule has 2 aliphatic heterocycles. The van der Waals surface area contributed by atoms with Crippen molar-refractivity contribution in [1.29, 1.82) is 0 Å². The van der Waals surface area contributed by atoms with Gasteiger partial charge in [-0.15, -0.1) is 0 Å². The van der Waals surface area contributed by atoms with E-state index in [4.69, 9.17) is 19.4 Å². The third kappa shape index (κ3) is 4.77. The van der Waals surface area contributed by atoms with Crippen molar-refractivity contribution in [2.75, 3.05) is 70.3 Å². The summed E-state index contributed by atoms with van der Waals surface area (Å²) in [6.45, 7) is 6.85. The summed E-state index contributed by atoms with van der Waals surface area (Å²) >= 11 is 0. The first kappa shape index (κ1) is 27.1. The minimum Gasteiger partial charge on any atom is -0.493 e. The van der Waals surface area contributed by atoms with Gasteiger partial charge in [-0.1, -0.05) is 11.6 Å². The maximum atomic E-state index is 13.5. The highest BCUT2D eigenvalue weighted by atomic mass is 16.5. The molecule has 0 spiro atoms. The lowest BCUT2D eigenvalue weighted by Gasteiger charge is -2.36. The van der Waals surface area contributed by atoms with Crippen molar-refractivity contribution in [3.8, 4) is 11.5 Å². The number of fused-ring (bicyclic) bond motifs is 2. The molecule has 0 amide bonds. The quantitative estimate of drug-likeness (QED) is 0.365. The molecule has 0 atom stereocenters. The van der Waals surface area contributed by atoms with E-state index in [2.05, 4.69) is 21.7 Å². The minimum absolute atomic E-state index is 0.192. The van der Waals surface area contributed by atoms with E-state index in [-0.39, 0.29) is 17.3 Å². The van der Waals surface area contributed by atoms with Crippen LogP contribution in [0.25, 0.3) is 21.8 Å². The molecule has 11 nitrogen and oxygen atoms in total. The average Bonchev–Trinajstić information content (AvgIpc) is 2.99. The van der Waals surface area contributed by atoms with Gasteiger partial charge in [0, 0.05) is 63.8 Å². The first-order valence-electron chi connectivity index (χ1n) is 14.1. The van der Waals surface area contributed by atoms with Gasteiger partial charge in [0.2, 0.25) is 5.95 Å². The topological polar surface area (TPSA) is 98.0 Å². The fourth-order valence-electron chi connectivity index (χ4n) is 6.07. The molecule has 0 radical (unpaired) electrons. The Kier molecular flexibility index (Phi) is 7.06. The summed E-state index contributed by atoms with van der Waals surface area (Å²) in [5.74, 6) is 2.77. The first-order chi connectivity index (χ1) is 19.8. The van der Waals surface area contributed by atoms with Crippen LogP contribution in [0.5, 0.6) is 11.5 Å². The molecule has 2 saturated heterocycles. The Morgan fingerprint density at radius 2 is 1.49 bits per heavy atom. The fraction of sp³-hybridized carbons (Fsp3) is 0.467. The van der Waals surface area contributed by atoms with Crippen LogP contribution in [0, 0.1) is 6.92 Å². The lowest BCUT2D eigenvalue weighted by atomic mass is 10.0. The maximum Gasteiger partial charge on any atom is 0.331 e. The molecule has 0 aliphatic carbocycles. The zero-order valence-electron chi connectivity index (χ0n) is 24.4. The SMILES string of the molecule is COc1cc2nc(N3CCN(C)CC3)nc(N3CCC(n4c(=O)c5cc(C)ccc5n(C)c4=O)CC3)c2cc1OC. The number of hydrogen-bond donors (Lipinski definition) is 0. The zero-order valence-corrected chi connectivity index (χ0v) is 24.4. The van der Waals surface area contributed by atoms with E-state index in [0.717, 1.165) is 48.5 Å². The van der Waals surface area contributed by atoms with Crippen LogP contribution < -0.4 is 30.5 Å². The monoisotopic (exact) mass is 559 g/mol. The van der Waals surface area contributed by atoms with Gasteiger partial charge in [-0.05, 0) is 45.0 Å². The van der Waals surface area contributed by atoms with E-state index < -0.39 is 0 Å². The Bertz CT molecular complexity index is 1730. The van der Waals surface area contributed by atoms with Gasteiger partial charge in [-0.3, -0.25) is 13.9 Å². The van der Waals surface area contributed by atoms with Crippen molar-refractivity contribution in [3.05, 3.63) is 56.7 Å². The van der Waals surface area contributed by atoms with Gasteiger partial charge >= 0.3 is 5.69 Å². The highest BCUT2D eigenvalue weighted by molar-refractivity contribution is 5.93. The normalized spacial score (nSPS) is 17.0. The van der Waals surface area contributed by atoms with E-state index in [0.29, 0.717) is 54.3 Å². The Balaban J connectivity index is 1.37. The molecule has 4 aromatic rings. The van der Waals surface area contributed by atoms with E-state index in [1.807, 2.05) is 37.3 Å². The van der Waals surface area contributed by atoms with Crippen LogP contribution in [-0.4, -0.2) is 84.5 Å². The third-order valence-electron chi connectivity index (χ3n) is 8.54. The van der Waals surface area contributed by atoms with Gasteiger partial charge in [0.05, 0.1) is 30.6 Å². The molecule has 4 heterocycles. The molecule has 11 heteroatoms. The van der Waals surface area contributed by atoms with Gasteiger partial charge in [0.15, 0.2) is 11.5 Å². The largest absolute Gasteiger partial charge is 0.493 e. The number of ether oxygens (including phenoxy) is 2. The Hall–Kier alpha value is -4.12. The number of benzene rings is 2. The van der Waals surface area contributed by atoms with Crippen LogP contribution >= 0.6 is 0 Å². The second-order valence-electron chi connectivity index (χ2n) is 11.1. The van der Waals surface area contributed by atoms with Gasteiger partial charge in [-0.25, -0.2) is 9.78 Å². The van der Waals surface area contributed by atoms with Crippen LogP contribution in [0.3, 0.4) is 0 Å². The molecule has 0 unspecified atom stereocenters. The first-order valence-corrected chi connectivity index (χ1v) is 14.1. The lowest BCUT2D eigenvalue weighted by molar-refractivity contribution is 0.311. The lowest BCUT2D eigenvalue weighted by Crippen LogP contribution is -2.46. The van der Waals surface area contributed by atoms with Crippen LogP contribution in [0.4, 0.5) is 11.8 Å². The van der Waals surface area contributed by atoms with Gasteiger partial charge in [-0.2, -0.15) is 4.98 Å². The fourth-order valence-corrected chi connectivity index (χ4v) is 6.07. The summed E-state index contributed by atoms with van der Waals surface area (Å²) < 4.78 is 14.2. The van der Waals surface area contributed by atoms with Crippen molar-refractivity contribution in [2.45, 2.75) is 25.8 Å². The molecule has 0 saturated carbocycles. The Labute approximate surface area is 238 Å². The summed E-state index contributed by atoms with van der Waals surface area (Å²) in [5.41, 5.74) is 1.96. The number of anilines is 2. The van der Waals surface area contributed by atoms with Crippen molar-refractivity contribution < 1.29 is 9.47 Å². The predicted octanol–water partition coefficient (Wildman–Crippen LogP) is 2.56. The molecule has 2 aromatic carbocycles. The minimum atomic E-state index is -0.272. The summed E-state index contributed by atoms with van der Waals surface area (Å²) in [7, 11) is 7.11. The number of rotatable bonds is 5. The van der Waals surface area contributed by atoms with Crippen molar-refractivity contribution in [1.82, 2.24) is 24.0 Å². The second kappa shape index (κ2) is 10.7. The highest BCUT2D eigenvalue weighted by Gasteiger charge is 2.28. The van der Waals surface area contributed by atoms with Gasteiger partial charge in [0.1, 0.15) is 5.82 Å². The Morgan fingerprint density at radius 1 is 0.805 bits per heavy atom. The molecule has 0 bridgehead atoms. The van der Waals surface area contributed by atoms with Crippen molar-refractivity contribution in [3.63, 3.8) is 0 Å². The number of methoxy groups -OCH3 is 2. The predicted molar refractivity (Wildman–Crippen MR) is 161 cm³/mol. The molecular formula is C30H37N7O4. The van der Waals surface area contributed by atoms with Crippen molar-refractivity contribution in [2.24, 2.45) is 7.05 Å². The smallest absolute Gasteiger partial charge is 0.331 e. The second-order valence-corrected chi connectivity index (χ2v) is 11.1.